The minimum Gasteiger partial charge on any atom is -0.494 e. The van der Waals surface area contributed by atoms with Crippen molar-refractivity contribution < 1.29 is 14.6 Å². The zero-order valence-corrected chi connectivity index (χ0v) is 16.3. The standard InChI is InChI=1S/C23H34O3/c1-3-4-5-6-7-8-16-26-21-14-12-19(13-15-21)10-9-11-20-17-22(20)18(2)23(24)25/h9-10,12-15,18,20,22H,3-8,11,16-17H2,1-2H3,(H,24,25). The van der Waals surface area contributed by atoms with Crippen molar-refractivity contribution in [2.24, 2.45) is 17.8 Å². The molecular weight excluding hydrogens is 324 g/mol. The average molecular weight is 359 g/mol. The van der Waals surface area contributed by atoms with Gasteiger partial charge in [-0.1, -0.05) is 70.2 Å². The van der Waals surface area contributed by atoms with Crippen molar-refractivity contribution in [3.05, 3.63) is 35.9 Å². The predicted molar refractivity (Wildman–Crippen MR) is 107 cm³/mol. The smallest absolute Gasteiger partial charge is 0.306 e. The molecule has 3 unspecified atom stereocenters. The summed E-state index contributed by atoms with van der Waals surface area (Å²) in [5.74, 6) is 0.954. The van der Waals surface area contributed by atoms with Crippen molar-refractivity contribution in [1.82, 2.24) is 0 Å². The maximum atomic E-state index is 11.0. The second-order valence-electron chi connectivity index (χ2n) is 7.61. The first kappa shape index (κ1) is 20.5. The summed E-state index contributed by atoms with van der Waals surface area (Å²) in [5.41, 5.74) is 1.17. The van der Waals surface area contributed by atoms with E-state index in [-0.39, 0.29) is 5.92 Å². The monoisotopic (exact) mass is 358 g/mol. The van der Waals surface area contributed by atoms with E-state index in [4.69, 9.17) is 9.84 Å². The fourth-order valence-corrected chi connectivity index (χ4v) is 3.46. The van der Waals surface area contributed by atoms with Gasteiger partial charge in [-0.05, 0) is 48.8 Å². The van der Waals surface area contributed by atoms with Gasteiger partial charge in [0.25, 0.3) is 0 Å². The lowest BCUT2D eigenvalue weighted by atomic mass is 10.0. The number of rotatable bonds is 13. The van der Waals surface area contributed by atoms with Crippen molar-refractivity contribution in [2.45, 2.75) is 65.2 Å². The van der Waals surface area contributed by atoms with E-state index in [1.54, 1.807) is 0 Å². The van der Waals surface area contributed by atoms with Crippen LogP contribution in [0.2, 0.25) is 0 Å². The lowest BCUT2D eigenvalue weighted by molar-refractivity contribution is -0.141. The summed E-state index contributed by atoms with van der Waals surface area (Å²) in [6, 6.07) is 8.22. The molecule has 1 fully saturated rings. The number of carboxylic acid groups (broad SMARTS) is 1. The first-order valence-corrected chi connectivity index (χ1v) is 10.2. The molecule has 3 nitrogen and oxygen atoms in total. The van der Waals surface area contributed by atoms with E-state index in [2.05, 4.69) is 31.2 Å². The lowest BCUT2D eigenvalue weighted by Gasteiger charge is -2.06. The Labute approximate surface area is 158 Å². The van der Waals surface area contributed by atoms with Gasteiger partial charge < -0.3 is 9.84 Å². The zero-order valence-electron chi connectivity index (χ0n) is 16.3. The number of hydrogen-bond donors (Lipinski definition) is 1. The van der Waals surface area contributed by atoms with Gasteiger partial charge in [-0.3, -0.25) is 4.79 Å². The van der Waals surface area contributed by atoms with Gasteiger partial charge in [0.2, 0.25) is 0 Å². The van der Waals surface area contributed by atoms with Gasteiger partial charge in [-0.2, -0.15) is 0 Å². The first-order valence-electron chi connectivity index (χ1n) is 10.2. The highest BCUT2D eigenvalue weighted by Gasteiger charge is 2.42. The van der Waals surface area contributed by atoms with E-state index < -0.39 is 5.97 Å². The summed E-state index contributed by atoms with van der Waals surface area (Å²) in [6.07, 6.45) is 14.0. The van der Waals surface area contributed by atoms with Crippen LogP contribution in [0.4, 0.5) is 0 Å². The minimum atomic E-state index is -0.668. The molecule has 1 saturated carbocycles. The largest absolute Gasteiger partial charge is 0.494 e. The van der Waals surface area contributed by atoms with Crippen molar-refractivity contribution >= 4 is 12.0 Å². The molecule has 0 saturated heterocycles. The topological polar surface area (TPSA) is 46.5 Å². The molecule has 0 spiro atoms. The maximum absolute atomic E-state index is 11.0. The summed E-state index contributed by atoms with van der Waals surface area (Å²) in [5, 5.41) is 9.04. The van der Waals surface area contributed by atoms with Crippen molar-refractivity contribution in [1.29, 1.82) is 0 Å². The molecule has 0 amide bonds. The van der Waals surface area contributed by atoms with Crippen LogP contribution in [0.3, 0.4) is 0 Å². The van der Waals surface area contributed by atoms with Crippen LogP contribution in [0, 0.1) is 17.8 Å². The number of unbranched alkanes of at least 4 members (excludes halogenated alkanes) is 5. The molecule has 26 heavy (non-hydrogen) atoms. The Hall–Kier alpha value is -1.77. The maximum Gasteiger partial charge on any atom is 0.306 e. The highest BCUT2D eigenvalue weighted by atomic mass is 16.5. The van der Waals surface area contributed by atoms with E-state index >= 15 is 0 Å². The number of benzene rings is 1. The van der Waals surface area contributed by atoms with Crippen LogP contribution in [0.1, 0.15) is 70.8 Å². The van der Waals surface area contributed by atoms with Crippen molar-refractivity contribution in [3.63, 3.8) is 0 Å². The Morgan fingerprint density at radius 2 is 1.88 bits per heavy atom. The van der Waals surface area contributed by atoms with Crippen LogP contribution in [0.15, 0.2) is 30.3 Å². The van der Waals surface area contributed by atoms with E-state index in [9.17, 15) is 4.79 Å². The fraction of sp³-hybridized carbons (Fsp3) is 0.609. The second kappa shape index (κ2) is 11.1. The third-order valence-corrected chi connectivity index (χ3v) is 5.40. The quantitative estimate of drug-likeness (QED) is 0.428. The molecular formula is C23H34O3. The SMILES string of the molecule is CCCCCCCCOc1ccc(C=CCC2CC2C(C)C(=O)O)cc1. The average Bonchev–Trinajstić information content (AvgIpc) is 3.41. The van der Waals surface area contributed by atoms with Gasteiger partial charge in [0.05, 0.1) is 12.5 Å². The Balaban J connectivity index is 1.61. The normalized spacial score (nSPS) is 20.2. The highest BCUT2D eigenvalue weighted by Crippen LogP contribution is 2.46. The predicted octanol–water partition coefficient (Wildman–Crippen LogP) is 6.19. The Bertz CT molecular complexity index is 561. The van der Waals surface area contributed by atoms with Crippen LogP contribution in [-0.4, -0.2) is 17.7 Å². The molecule has 0 aromatic heterocycles. The summed E-state index contributed by atoms with van der Waals surface area (Å²) >= 11 is 0. The first-order chi connectivity index (χ1) is 12.6. The highest BCUT2D eigenvalue weighted by molar-refractivity contribution is 5.70. The second-order valence-corrected chi connectivity index (χ2v) is 7.61. The fourth-order valence-electron chi connectivity index (χ4n) is 3.46. The van der Waals surface area contributed by atoms with E-state index in [0.717, 1.165) is 31.6 Å². The molecule has 1 aliphatic carbocycles. The van der Waals surface area contributed by atoms with Crippen molar-refractivity contribution in [2.75, 3.05) is 6.61 Å². The molecule has 3 heteroatoms. The van der Waals surface area contributed by atoms with Gasteiger partial charge in [0, 0.05) is 0 Å². The number of allylic oxidation sites excluding steroid dienone is 1. The number of aliphatic carboxylic acids is 1. The number of hydrogen-bond acceptors (Lipinski definition) is 2. The molecule has 0 aliphatic heterocycles. The number of ether oxygens (including phenoxy) is 1. The molecule has 1 aromatic rings. The van der Waals surface area contributed by atoms with Crippen LogP contribution in [-0.2, 0) is 4.79 Å². The molecule has 1 aromatic carbocycles. The van der Waals surface area contributed by atoms with Gasteiger partial charge in [0.15, 0.2) is 0 Å². The Kier molecular flexibility index (Phi) is 8.73. The Morgan fingerprint density at radius 1 is 1.19 bits per heavy atom. The van der Waals surface area contributed by atoms with Crippen molar-refractivity contribution in [3.8, 4) is 5.75 Å². The minimum absolute atomic E-state index is 0.212. The van der Waals surface area contributed by atoms with Crippen LogP contribution >= 0.6 is 0 Å². The third-order valence-electron chi connectivity index (χ3n) is 5.40. The van der Waals surface area contributed by atoms with Gasteiger partial charge >= 0.3 is 5.97 Å². The zero-order chi connectivity index (χ0) is 18.8. The lowest BCUT2D eigenvalue weighted by Crippen LogP contribution is -2.12. The molecule has 144 valence electrons. The van der Waals surface area contributed by atoms with E-state index in [1.165, 1.54) is 37.7 Å². The molecule has 3 atom stereocenters. The summed E-state index contributed by atoms with van der Waals surface area (Å²) in [4.78, 5) is 11.0. The molecule has 0 bridgehead atoms. The Morgan fingerprint density at radius 3 is 2.58 bits per heavy atom. The number of carboxylic acids is 1. The van der Waals surface area contributed by atoms with Crippen LogP contribution < -0.4 is 4.74 Å². The molecule has 1 aliphatic rings. The number of carbonyl (C=O) groups is 1. The van der Waals surface area contributed by atoms with Gasteiger partial charge in [-0.25, -0.2) is 0 Å². The molecule has 2 rings (SSSR count). The summed E-state index contributed by atoms with van der Waals surface area (Å²) in [7, 11) is 0. The van der Waals surface area contributed by atoms with Gasteiger partial charge in [-0.15, -0.1) is 0 Å². The summed E-state index contributed by atoms with van der Waals surface area (Å²) < 4.78 is 5.80. The van der Waals surface area contributed by atoms with E-state index in [0.29, 0.717) is 11.8 Å². The van der Waals surface area contributed by atoms with Crippen LogP contribution in [0.25, 0.3) is 6.08 Å². The molecule has 1 N–H and O–H groups in total. The van der Waals surface area contributed by atoms with Crippen LogP contribution in [0.5, 0.6) is 5.75 Å². The summed E-state index contributed by atoms with van der Waals surface area (Å²) in [6.45, 7) is 4.86. The molecule has 0 heterocycles. The third kappa shape index (κ3) is 7.23. The van der Waals surface area contributed by atoms with Gasteiger partial charge in [0.1, 0.15) is 5.75 Å². The molecule has 0 radical (unpaired) electrons. The van der Waals surface area contributed by atoms with E-state index in [1.807, 2.05) is 19.1 Å².